The lowest BCUT2D eigenvalue weighted by atomic mass is 10.2. The fourth-order valence-corrected chi connectivity index (χ4v) is 3.49. The molecule has 2 aliphatic rings. The van der Waals surface area contributed by atoms with Gasteiger partial charge in [0.25, 0.3) is 0 Å². The molecule has 1 aromatic rings. The lowest BCUT2D eigenvalue weighted by molar-refractivity contribution is -0.121. The summed E-state index contributed by atoms with van der Waals surface area (Å²) in [5, 5.41) is 14.6. The highest BCUT2D eigenvalue weighted by atomic mass is 16.3. The summed E-state index contributed by atoms with van der Waals surface area (Å²) < 4.78 is 0. The summed E-state index contributed by atoms with van der Waals surface area (Å²) in [5.74, 6) is 0.00326. The van der Waals surface area contributed by atoms with E-state index in [0.29, 0.717) is 0 Å². The van der Waals surface area contributed by atoms with E-state index in [1.165, 1.54) is 0 Å². The number of urea groups is 1. The molecule has 1 aliphatic heterocycles. The molecule has 2 fully saturated rings. The lowest BCUT2D eigenvalue weighted by Gasteiger charge is -2.35. The van der Waals surface area contributed by atoms with Crippen molar-refractivity contribution in [3.8, 4) is 5.75 Å². The van der Waals surface area contributed by atoms with Crippen LogP contribution < -0.4 is 15.5 Å². The van der Waals surface area contributed by atoms with Gasteiger partial charge >= 0.3 is 6.03 Å². The van der Waals surface area contributed by atoms with Gasteiger partial charge in [-0.05, 0) is 37.1 Å². The van der Waals surface area contributed by atoms with E-state index in [4.69, 9.17) is 0 Å². The van der Waals surface area contributed by atoms with Crippen molar-refractivity contribution in [1.29, 1.82) is 0 Å². The number of carbonyl (C=O) groups is 2. The normalized spacial score (nSPS) is 19.0. The molecule has 1 aliphatic carbocycles. The zero-order valence-electron chi connectivity index (χ0n) is 14.4. The fraction of sp³-hybridized carbons (Fsp3) is 0.556. The van der Waals surface area contributed by atoms with Crippen molar-refractivity contribution in [2.45, 2.75) is 31.7 Å². The second-order valence-electron chi connectivity index (χ2n) is 6.78. The van der Waals surface area contributed by atoms with Crippen LogP contribution in [-0.2, 0) is 4.79 Å². The van der Waals surface area contributed by atoms with Gasteiger partial charge < -0.3 is 15.3 Å². The number of nitrogens with zero attached hydrogens (tertiary/aromatic N) is 2. The second kappa shape index (κ2) is 8.20. The number of aromatic hydroxyl groups is 1. The molecule has 7 heteroatoms. The third-order valence-corrected chi connectivity index (χ3v) is 4.90. The number of carbonyl (C=O) groups excluding carboxylic acids is 2. The van der Waals surface area contributed by atoms with Crippen molar-refractivity contribution < 1.29 is 14.7 Å². The molecule has 0 aromatic heterocycles. The van der Waals surface area contributed by atoms with Gasteiger partial charge in [0.1, 0.15) is 5.75 Å². The Balaban J connectivity index is 1.38. The molecule has 136 valence electrons. The first kappa shape index (κ1) is 17.5. The van der Waals surface area contributed by atoms with Crippen molar-refractivity contribution in [2.75, 3.05) is 37.6 Å². The average molecular weight is 346 g/mol. The first-order valence-corrected chi connectivity index (χ1v) is 8.97. The minimum absolute atomic E-state index is 0.210. The minimum atomic E-state index is -0.375. The number of benzene rings is 1. The Morgan fingerprint density at radius 1 is 1.04 bits per heavy atom. The monoisotopic (exact) mass is 346 g/mol. The molecule has 3 amide bonds. The van der Waals surface area contributed by atoms with Gasteiger partial charge in [-0.2, -0.15) is 0 Å². The standard InChI is InChI=1S/C18H26N4O3/c23-16-7-5-15(6-8-16)22-11-9-21(10-12-22)13-17(24)20-18(25)19-14-3-1-2-4-14/h5-8,14,23H,1-4,9-13H2,(H2,19,20,24,25). The van der Waals surface area contributed by atoms with Crippen molar-refractivity contribution in [3.63, 3.8) is 0 Å². The highest BCUT2D eigenvalue weighted by Crippen LogP contribution is 2.20. The van der Waals surface area contributed by atoms with E-state index in [9.17, 15) is 14.7 Å². The molecule has 0 radical (unpaired) electrons. The molecule has 7 nitrogen and oxygen atoms in total. The maximum atomic E-state index is 12.0. The Morgan fingerprint density at radius 2 is 1.68 bits per heavy atom. The van der Waals surface area contributed by atoms with Crippen LogP contribution in [0.25, 0.3) is 0 Å². The molecule has 3 rings (SSSR count). The summed E-state index contributed by atoms with van der Waals surface area (Å²) >= 11 is 0. The number of rotatable bonds is 4. The molecule has 1 saturated heterocycles. The van der Waals surface area contributed by atoms with Crippen molar-refractivity contribution in [2.24, 2.45) is 0 Å². The molecule has 1 saturated carbocycles. The van der Waals surface area contributed by atoms with Gasteiger partial charge in [-0.25, -0.2) is 4.79 Å². The average Bonchev–Trinajstić information content (AvgIpc) is 3.09. The van der Waals surface area contributed by atoms with Crippen LogP contribution in [-0.4, -0.2) is 60.7 Å². The van der Waals surface area contributed by atoms with Crippen LogP contribution in [0.1, 0.15) is 25.7 Å². The largest absolute Gasteiger partial charge is 0.508 e. The molecule has 1 heterocycles. The third kappa shape index (κ3) is 5.09. The number of phenolic OH excluding ortho intramolecular Hbond substituents is 1. The van der Waals surface area contributed by atoms with E-state index < -0.39 is 0 Å². The van der Waals surface area contributed by atoms with Gasteiger partial charge in [0.05, 0.1) is 6.54 Å². The van der Waals surface area contributed by atoms with E-state index in [1.54, 1.807) is 12.1 Å². The van der Waals surface area contributed by atoms with Crippen LogP contribution in [0, 0.1) is 0 Å². The topological polar surface area (TPSA) is 84.9 Å². The fourth-order valence-electron chi connectivity index (χ4n) is 3.49. The Bertz CT molecular complexity index is 591. The number of imide groups is 1. The Labute approximate surface area is 148 Å². The quantitative estimate of drug-likeness (QED) is 0.765. The van der Waals surface area contributed by atoms with Crippen molar-refractivity contribution in [1.82, 2.24) is 15.5 Å². The van der Waals surface area contributed by atoms with Crippen LogP contribution in [0.15, 0.2) is 24.3 Å². The first-order chi connectivity index (χ1) is 12.1. The Morgan fingerprint density at radius 3 is 2.32 bits per heavy atom. The maximum Gasteiger partial charge on any atom is 0.321 e. The van der Waals surface area contributed by atoms with E-state index in [1.807, 2.05) is 12.1 Å². The van der Waals surface area contributed by atoms with Crippen LogP contribution in [0.4, 0.5) is 10.5 Å². The Hall–Kier alpha value is -2.28. The minimum Gasteiger partial charge on any atom is -0.508 e. The van der Waals surface area contributed by atoms with Gasteiger partial charge in [-0.1, -0.05) is 12.8 Å². The molecular weight excluding hydrogens is 320 g/mol. The predicted octanol–water partition coefficient (Wildman–Crippen LogP) is 1.28. The maximum absolute atomic E-state index is 12.0. The van der Waals surface area contributed by atoms with Crippen LogP contribution in [0.2, 0.25) is 0 Å². The van der Waals surface area contributed by atoms with Gasteiger partial charge in [0.15, 0.2) is 0 Å². The second-order valence-corrected chi connectivity index (χ2v) is 6.78. The first-order valence-electron chi connectivity index (χ1n) is 8.97. The summed E-state index contributed by atoms with van der Waals surface area (Å²) in [6, 6.07) is 6.98. The third-order valence-electron chi connectivity index (χ3n) is 4.90. The van der Waals surface area contributed by atoms with Crippen molar-refractivity contribution in [3.05, 3.63) is 24.3 Å². The van der Waals surface area contributed by atoms with Crippen LogP contribution in [0.5, 0.6) is 5.75 Å². The number of anilines is 1. The molecule has 0 unspecified atom stereocenters. The van der Waals surface area contributed by atoms with Gasteiger partial charge in [-0.15, -0.1) is 0 Å². The van der Waals surface area contributed by atoms with E-state index >= 15 is 0 Å². The summed E-state index contributed by atoms with van der Waals surface area (Å²) in [4.78, 5) is 28.1. The zero-order chi connectivity index (χ0) is 17.6. The number of piperazine rings is 1. The lowest BCUT2D eigenvalue weighted by Crippen LogP contribution is -2.51. The molecule has 25 heavy (non-hydrogen) atoms. The van der Waals surface area contributed by atoms with Crippen LogP contribution in [0.3, 0.4) is 0 Å². The van der Waals surface area contributed by atoms with Crippen LogP contribution >= 0.6 is 0 Å². The van der Waals surface area contributed by atoms with Gasteiger partial charge in [0, 0.05) is 37.9 Å². The molecule has 3 N–H and O–H groups in total. The highest BCUT2D eigenvalue weighted by Gasteiger charge is 2.21. The van der Waals surface area contributed by atoms with Crippen molar-refractivity contribution >= 4 is 17.6 Å². The molecule has 0 spiro atoms. The summed E-state index contributed by atoms with van der Waals surface area (Å²) in [6.07, 6.45) is 4.29. The molecule has 0 atom stereocenters. The number of hydrogen-bond acceptors (Lipinski definition) is 5. The molecule has 1 aromatic carbocycles. The molecular formula is C18H26N4O3. The van der Waals surface area contributed by atoms with Gasteiger partial charge in [-0.3, -0.25) is 15.0 Å². The number of phenols is 1. The SMILES string of the molecule is O=C(CN1CCN(c2ccc(O)cc2)CC1)NC(=O)NC1CCCC1. The molecule has 0 bridgehead atoms. The number of amides is 3. The summed E-state index contributed by atoms with van der Waals surface area (Å²) in [7, 11) is 0. The zero-order valence-corrected chi connectivity index (χ0v) is 14.4. The Kier molecular flexibility index (Phi) is 5.75. The summed E-state index contributed by atoms with van der Waals surface area (Å²) in [6.45, 7) is 3.39. The number of nitrogens with one attached hydrogen (secondary N) is 2. The highest BCUT2D eigenvalue weighted by molar-refractivity contribution is 5.95. The predicted molar refractivity (Wildman–Crippen MR) is 95.7 cm³/mol. The van der Waals surface area contributed by atoms with E-state index in [0.717, 1.165) is 57.5 Å². The van der Waals surface area contributed by atoms with E-state index in [-0.39, 0.29) is 30.3 Å². The van der Waals surface area contributed by atoms with Gasteiger partial charge in [0.2, 0.25) is 5.91 Å². The smallest absolute Gasteiger partial charge is 0.321 e. The van der Waals surface area contributed by atoms with E-state index in [2.05, 4.69) is 20.4 Å². The summed E-state index contributed by atoms with van der Waals surface area (Å²) in [5.41, 5.74) is 1.07. The number of hydrogen-bond donors (Lipinski definition) is 3.